The van der Waals surface area contributed by atoms with Crippen LogP contribution in [0.1, 0.15) is 37.7 Å². The fraction of sp³-hybridized carbons (Fsp3) is 0.733. The summed E-state index contributed by atoms with van der Waals surface area (Å²) < 4.78 is 11.6. The molecule has 1 saturated carbocycles. The van der Waals surface area contributed by atoms with Crippen molar-refractivity contribution in [1.29, 1.82) is 0 Å². The minimum atomic E-state index is 0.389. The van der Waals surface area contributed by atoms with E-state index in [1.54, 1.807) is 0 Å². The highest BCUT2D eigenvalue weighted by Crippen LogP contribution is 2.20. The second-order valence-electron chi connectivity index (χ2n) is 5.66. The van der Waals surface area contributed by atoms with Gasteiger partial charge in [-0.3, -0.25) is 4.90 Å². The number of nitrogens with zero attached hydrogens (tertiary/aromatic N) is 1. The van der Waals surface area contributed by atoms with Crippen LogP contribution < -0.4 is 5.32 Å². The Morgan fingerprint density at radius 2 is 2.16 bits per heavy atom. The molecule has 1 aromatic rings. The lowest BCUT2D eigenvalue weighted by Crippen LogP contribution is -2.41. The molecule has 19 heavy (non-hydrogen) atoms. The maximum absolute atomic E-state index is 5.89. The van der Waals surface area contributed by atoms with Crippen LogP contribution in [0, 0.1) is 0 Å². The number of nitrogens with one attached hydrogen (secondary N) is 1. The Morgan fingerprint density at radius 3 is 2.95 bits per heavy atom. The van der Waals surface area contributed by atoms with E-state index in [-0.39, 0.29) is 0 Å². The van der Waals surface area contributed by atoms with Gasteiger partial charge in [-0.1, -0.05) is 6.92 Å². The Kier molecular flexibility index (Phi) is 4.21. The summed E-state index contributed by atoms with van der Waals surface area (Å²) in [5.74, 6) is 2.13. The van der Waals surface area contributed by atoms with E-state index in [0.717, 1.165) is 56.8 Å². The minimum Gasteiger partial charge on any atom is -0.463 e. The second-order valence-corrected chi connectivity index (χ2v) is 5.66. The van der Waals surface area contributed by atoms with Gasteiger partial charge in [-0.25, -0.2) is 0 Å². The summed E-state index contributed by atoms with van der Waals surface area (Å²) in [6.07, 6.45) is 4.12. The van der Waals surface area contributed by atoms with Crippen LogP contribution in [0.5, 0.6) is 0 Å². The summed E-state index contributed by atoms with van der Waals surface area (Å²) in [5, 5.41) is 3.48. The van der Waals surface area contributed by atoms with Gasteiger partial charge in [-0.15, -0.1) is 0 Å². The average Bonchev–Trinajstić information content (AvgIpc) is 3.17. The normalized spacial score (nSPS) is 24.8. The third-order valence-corrected chi connectivity index (χ3v) is 3.92. The number of hydrogen-bond donors (Lipinski definition) is 1. The number of ether oxygens (including phenoxy) is 1. The SMILES string of the molecule is CCC1CN(Cc2ccc(CNC3CC3)o2)CCO1. The van der Waals surface area contributed by atoms with Gasteiger partial charge in [0.25, 0.3) is 0 Å². The smallest absolute Gasteiger partial charge is 0.118 e. The molecule has 1 unspecified atom stereocenters. The zero-order chi connectivity index (χ0) is 13.1. The molecule has 1 aliphatic carbocycles. The van der Waals surface area contributed by atoms with Crippen molar-refractivity contribution in [3.63, 3.8) is 0 Å². The van der Waals surface area contributed by atoms with E-state index in [9.17, 15) is 0 Å². The molecule has 1 atom stereocenters. The summed E-state index contributed by atoms with van der Waals surface area (Å²) in [5.41, 5.74) is 0. The molecular formula is C15H24N2O2. The number of furan rings is 1. The Hall–Kier alpha value is -0.840. The molecule has 2 heterocycles. The van der Waals surface area contributed by atoms with Crippen LogP contribution in [-0.4, -0.2) is 36.7 Å². The highest BCUT2D eigenvalue weighted by molar-refractivity contribution is 5.07. The topological polar surface area (TPSA) is 37.6 Å². The van der Waals surface area contributed by atoms with Crippen molar-refractivity contribution in [2.45, 2.75) is 51.4 Å². The van der Waals surface area contributed by atoms with E-state index in [0.29, 0.717) is 6.10 Å². The van der Waals surface area contributed by atoms with Crippen LogP contribution in [0.2, 0.25) is 0 Å². The van der Waals surface area contributed by atoms with Crippen LogP contribution in [0.4, 0.5) is 0 Å². The molecule has 0 amide bonds. The van der Waals surface area contributed by atoms with E-state index in [2.05, 4.69) is 29.3 Å². The Morgan fingerprint density at radius 1 is 1.32 bits per heavy atom. The highest BCUT2D eigenvalue weighted by Gasteiger charge is 2.21. The minimum absolute atomic E-state index is 0.389. The van der Waals surface area contributed by atoms with E-state index in [4.69, 9.17) is 9.15 Å². The molecule has 0 aromatic carbocycles. The molecule has 0 spiro atoms. The van der Waals surface area contributed by atoms with Gasteiger partial charge < -0.3 is 14.5 Å². The third kappa shape index (κ3) is 3.81. The van der Waals surface area contributed by atoms with Crippen LogP contribution in [0.15, 0.2) is 16.5 Å². The van der Waals surface area contributed by atoms with E-state index in [1.807, 2.05) is 0 Å². The van der Waals surface area contributed by atoms with Crippen LogP contribution in [0.3, 0.4) is 0 Å². The molecule has 2 fully saturated rings. The first-order valence-corrected chi connectivity index (χ1v) is 7.48. The molecular weight excluding hydrogens is 240 g/mol. The van der Waals surface area contributed by atoms with Crippen LogP contribution in [0.25, 0.3) is 0 Å². The van der Waals surface area contributed by atoms with Crippen molar-refractivity contribution in [2.75, 3.05) is 19.7 Å². The molecule has 106 valence electrons. The molecule has 1 aliphatic heterocycles. The van der Waals surface area contributed by atoms with Crippen molar-refractivity contribution in [3.05, 3.63) is 23.7 Å². The van der Waals surface area contributed by atoms with Gasteiger partial charge in [0.05, 0.1) is 25.8 Å². The molecule has 4 nitrogen and oxygen atoms in total. The Labute approximate surface area is 115 Å². The van der Waals surface area contributed by atoms with Gasteiger partial charge in [0.2, 0.25) is 0 Å². The largest absolute Gasteiger partial charge is 0.463 e. The summed E-state index contributed by atoms with van der Waals surface area (Å²) in [4.78, 5) is 2.43. The van der Waals surface area contributed by atoms with Gasteiger partial charge in [0.1, 0.15) is 11.5 Å². The second kappa shape index (κ2) is 6.07. The lowest BCUT2D eigenvalue weighted by Gasteiger charge is -2.31. The van der Waals surface area contributed by atoms with E-state index >= 15 is 0 Å². The monoisotopic (exact) mass is 264 g/mol. The average molecular weight is 264 g/mol. The molecule has 3 rings (SSSR count). The predicted molar refractivity (Wildman–Crippen MR) is 73.9 cm³/mol. The molecule has 1 N–H and O–H groups in total. The maximum atomic E-state index is 5.89. The standard InChI is InChI=1S/C15H24N2O2/c1-2-13-10-17(7-8-18-13)11-15-6-5-14(19-15)9-16-12-3-4-12/h5-6,12-13,16H,2-4,7-11H2,1H3. The first-order chi connectivity index (χ1) is 9.33. The van der Waals surface area contributed by atoms with Gasteiger partial charge in [0.15, 0.2) is 0 Å². The summed E-state index contributed by atoms with van der Waals surface area (Å²) in [6, 6.07) is 4.95. The maximum Gasteiger partial charge on any atom is 0.118 e. The molecule has 1 saturated heterocycles. The van der Waals surface area contributed by atoms with Gasteiger partial charge in [-0.05, 0) is 31.4 Å². The lowest BCUT2D eigenvalue weighted by atomic mass is 10.2. The van der Waals surface area contributed by atoms with Gasteiger partial charge >= 0.3 is 0 Å². The molecule has 1 aromatic heterocycles. The first kappa shape index (κ1) is 13.2. The summed E-state index contributed by atoms with van der Waals surface area (Å²) in [7, 11) is 0. The zero-order valence-electron chi connectivity index (χ0n) is 11.7. The molecule has 4 heteroatoms. The molecule has 2 aliphatic rings. The van der Waals surface area contributed by atoms with Crippen molar-refractivity contribution < 1.29 is 9.15 Å². The lowest BCUT2D eigenvalue weighted by molar-refractivity contribution is -0.0342. The summed E-state index contributed by atoms with van der Waals surface area (Å²) in [6.45, 7) is 6.83. The number of hydrogen-bond acceptors (Lipinski definition) is 4. The van der Waals surface area contributed by atoms with Crippen molar-refractivity contribution in [3.8, 4) is 0 Å². The van der Waals surface area contributed by atoms with E-state index in [1.165, 1.54) is 12.8 Å². The quantitative estimate of drug-likeness (QED) is 0.854. The van der Waals surface area contributed by atoms with Crippen molar-refractivity contribution in [1.82, 2.24) is 10.2 Å². The predicted octanol–water partition coefficient (Wildman–Crippen LogP) is 2.14. The summed E-state index contributed by atoms with van der Waals surface area (Å²) >= 11 is 0. The van der Waals surface area contributed by atoms with Crippen LogP contribution >= 0.6 is 0 Å². The van der Waals surface area contributed by atoms with E-state index < -0.39 is 0 Å². The fourth-order valence-electron chi connectivity index (χ4n) is 2.53. The fourth-order valence-corrected chi connectivity index (χ4v) is 2.53. The third-order valence-electron chi connectivity index (χ3n) is 3.92. The number of rotatable bonds is 6. The van der Waals surface area contributed by atoms with Gasteiger partial charge in [-0.2, -0.15) is 0 Å². The number of morpholine rings is 1. The van der Waals surface area contributed by atoms with Crippen LogP contribution in [-0.2, 0) is 17.8 Å². The Balaban J connectivity index is 1.48. The zero-order valence-corrected chi connectivity index (χ0v) is 11.7. The highest BCUT2D eigenvalue weighted by atomic mass is 16.5. The molecule has 0 bridgehead atoms. The Bertz CT molecular complexity index is 401. The van der Waals surface area contributed by atoms with Crippen molar-refractivity contribution in [2.24, 2.45) is 0 Å². The first-order valence-electron chi connectivity index (χ1n) is 7.48. The van der Waals surface area contributed by atoms with Gasteiger partial charge in [0, 0.05) is 19.1 Å². The molecule has 0 radical (unpaired) electrons. The van der Waals surface area contributed by atoms with Crippen molar-refractivity contribution >= 4 is 0 Å².